The number of thioether (sulfide) groups is 1. The molecule has 0 aliphatic carbocycles. The predicted octanol–water partition coefficient (Wildman–Crippen LogP) is 1.93. The summed E-state index contributed by atoms with van der Waals surface area (Å²) in [6.45, 7) is 0.628. The predicted molar refractivity (Wildman–Crippen MR) is 62.3 cm³/mol. The molecular weight excluding hydrogens is 229 g/mol. The number of benzene rings is 1. The molecule has 0 bridgehead atoms. The Morgan fingerprint density at radius 3 is 2.81 bits per heavy atom. The number of rotatable bonds is 6. The van der Waals surface area contributed by atoms with Gasteiger partial charge in [0.15, 0.2) is 0 Å². The van der Waals surface area contributed by atoms with E-state index in [1.165, 1.54) is 17.8 Å². The van der Waals surface area contributed by atoms with Gasteiger partial charge in [-0.2, -0.15) is 0 Å². The van der Waals surface area contributed by atoms with Gasteiger partial charge in [-0.15, -0.1) is 11.8 Å². The molecule has 0 aliphatic heterocycles. The maximum atomic E-state index is 13.2. The molecule has 5 heteroatoms. The Bertz CT molecular complexity index is 360. The summed E-state index contributed by atoms with van der Waals surface area (Å²) in [6, 6.07) is 6.57. The highest BCUT2D eigenvalue weighted by atomic mass is 32.2. The van der Waals surface area contributed by atoms with E-state index in [9.17, 15) is 9.18 Å². The fourth-order valence-electron chi connectivity index (χ4n) is 1.18. The van der Waals surface area contributed by atoms with Crippen LogP contribution in [0.3, 0.4) is 0 Å². The van der Waals surface area contributed by atoms with Gasteiger partial charge in [-0.3, -0.25) is 9.69 Å². The van der Waals surface area contributed by atoms with Crippen LogP contribution in [0.15, 0.2) is 29.2 Å². The normalized spacial score (nSPS) is 10.7. The topological polar surface area (TPSA) is 40.5 Å². The number of hydrogen-bond donors (Lipinski definition) is 1. The van der Waals surface area contributed by atoms with Crippen molar-refractivity contribution in [3.05, 3.63) is 30.1 Å². The van der Waals surface area contributed by atoms with Crippen molar-refractivity contribution >= 4 is 17.7 Å². The lowest BCUT2D eigenvalue weighted by molar-refractivity contribution is -0.137. The molecule has 0 unspecified atom stereocenters. The minimum absolute atomic E-state index is 0.0117. The van der Waals surface area contributed by atoms with Gasteiger partial charge in [0.05, 0.1) is 6.54 Å². The van der Waals surface area contributed by atoms with Crippen molar-refractivity contribution in [2.75, 3.05) is 25.9 Å². The number of aliphatic carboxylic acids is 1. The van der Waals surface area contributed by atoms with Crippen LogP contribution in [0.25, 0.3) is 0 Å². The van der Waals surface area contributed by atoms with Crippen molar-refractivity contribution in [3.8, 4) is 0 Å². The van der Waals surface area contributed by atoms with Crippen molar-refractivity contribution in [3.63, 3.8) is 0 Å². The Morgan fingerprint density at radius 1 is 1.50 bits per heavy atom. The number of carboxylic acids is 1. The Hall–Kier alpha value is -1.07. The van der Waals surface area contributed by atoms with Gasteiger partial charge in [0.25, 0.3) is 0 Å². The lowest BCUT2D eigenvalue weighted by Gasteiger charge is -2.13. The molecule has 88 valence electrons. The molecule has 0 saturated carbocycles. The Morgan fingerprint density at radius 2 is 2.19 bits per heavy atom. The fourth-order valence-corrected chi connectivity index (χ4v) is 2.19. The average Bonchev–Trinajstić information content (AvgIpc) is 2.19. The van der Waals surface area contributed by atoms with E-state index in [0.717, 1.165) is 0 Å². The van der Waals surface area contributed by atoms with E-state index in [4.69, 9.17) is 5.11 Å². The smallest absolute Gasteiger partial charge is 0.317 e. The summed E-state index contributed by atoms with van der Waals surface area (Å²) in [4.78, 5) is 12.7. The van der Waals surface area contributed by atoms with Crippen molar-refractivity contribution in [1.82, 2.24) is 4.90 Å². The van der Waals surface area contributed by atoms with Gasteiger partial charge in [0, 0.05) is 17.2 Å². The van der Waals surface area contributed by atoms with Crippen LogP contribution >= 0.6 is 11.8 Å². The summed E-state index contributed by atoms with van der Waals surface area (Å²) in [5, 5.41) is 8.54. The molecule has 1 aromatic carbocycles. The van der Waals surface area contributed by atoms with Gasteiger partial charge in [0.2, 0.25) is 0 Å². The first-order valence-electron chi connectivity index (χ1n) is 4.87. The summed E-state index contributed by atoms with van der Waals surface area (Å²) in [6.07, 6.45) is 0. The minimum Gasteiger partial charge on any atom is -0.480 e. The lowest BCUT2D eigenvalue weighted by Crippen LogP contribution is -2.27. The van der Waals surface area contributed by atoms with Crippen LogP contribution in [0.5, 0.6) is 0 Å². The maximum Gasteiger partial charge on any atom is 0.317 e. The molecule has 0 radical (unpaired) electrons. The van der Waals surface area contributed by atoms with Crippen molar-refractivity contribution < 1.29 is 14.3 Å². The number of nitrogens with zero attached hydrogens (tertiary/aromatic N) is 1. The monoisotopic (exact) mass is 243 g/mol. The van der Waals surface area contributed by atoms with Crippen LogP contribution in [-0.2, 0) is 4.79 Å². The molecule has 16 heavy (non-hydrogen) atoms. The molecule has 0 aromatic heterocycles. The van der Waals surface area contributed by atoms with Gasteiger partial charge < -0.3 is 5.11 Å². The van der Waals surface area contributed by atoms with Crippen molar-refractivity contribution in [1.29, 1.82) is 0 Å². The molecule has 0 aliphatic rings. The molecule has 0 heterocycles. The first kappa shape index (κ1) is 13.0. The second-order valence-electron chi connectivity index (χ2n) is 3.41. The molecule has 0 saturated heterocycles. The van der Waals surface area contributed by atoms with E-state index in [1.54, 1.807) is 30.1 Å². The van der Waals surface area contributed by atoms with Crippen molar-refractivity contribution in [2.45, 2.75) is 4.90 Å². The van der Waals surface area contributed by atoms with Gasteiger partial charge in [-0.05, 0) is 19.2 Å². The SMILES string of the molecule is CN(CCSc1ccccc1F)CC(=O)O. The second-order valence-corrected chi connectivity index (χ2v) is 4.55. The van der Waals surface area contributed by atoms with Crippen LogP contribution in [0.2, 0.25) is 0 Å². The maximum absolute atomic E-state index is 13.2. The summed E-state index contributed by atoms with van der Waals surface area (Å²) < 4.78 is 13.2. The molecule has 0 atom stereocenters. The molecule has 1 N–H and O–H groups in total. The quantitative estimate of drug-likeness (QED) is 0.775. The Kier molecular flexibility index (Phi) is 5.28. The van der Waals surface area contributed by atoms with Crippen LogP contribution in [0, 0.1) is 5.82 Å². The third-order valence-electron chi connectivity index (χ3n) is 1.97. The standard InChI is InChI=1S/C11H14FNO2S/c1-13(8-11(14)15)6-7-16-10-5-3-2-4-9(10)12/h2-5H,6-8H2,1H3,(H,14,15). The van der Waals surface area contributed by atoms with E-state index in [-0.39, 0.29) is 12.4 Å². The summed E-state index contributed by atoms with van der Waals surface area (Å²) in [7, 11) is 1.73. The molecule has 0 fully saturated rings. The summed E-state index contributed by atoms with van der Waals surface area (Å²) in [5.41, 5.74) is 0. The van der Waals surface area contributed by atoms with Gasteiger partial charge in [-0.1, -0.05) is 12.1 Å². The van der Waals surface area contributed by atoms with Gasteiger partial charge in [0.1, 0.15) is 5.82 Å². The van der Waals surface area contributed by atoms with Crippen molar-refractivity contribution in [2.24, 2.45) is 0 Å². The first-order valence-corrected chi connectivity index (χ1v) is 5.86. The van der Waals surface area contributed by atoms with Gasteiger partial charge >= 0.3 is 5.97 Å². The average molecular weight is 243 g/mol. The molecule has 1 aromatic rings. The number of hydrogen-bond acceptors (Lipinski definition) is 3. The zero-order valence-electron chi connectivity index (χ0n) is 9.02. The fraction of sp³-hybridized carbons (Fsp3) is 0.364. The largest absolute Gasteiger partial charge is 0.480 e. The number of carbonyl (C=O) groups is 1. The highest BCUT2D eigenvalue weighted by Crippen LogP contribution is 2.20. The minimum atomic E-state index is -0.849. The highest BCUT2D eigenvalue weighted by molar-refractivity contribution is 7.99. The summed E-state index contributed by atoms with van der Waals surface area (Å²) >= 11 is 1.39. The van der Waals surface area contributed by atoms with Crippen LogP contribution in [-0.4, -0.2) is 41.9 Å². The number of likely N-dealkylation sites (N-methyl/N-ethyl adjacent to an activating group) is 1. The zero-order chi connectivity index (χ0) is 12.0. The van der Waals surface area contributed by atoms with E-state index >= 15 is 0 Å². The zero-order valence-corrected chi connectivity index (χ0v) is 9.84. The molecule has 0 amide bonds. The van der Waals surface area contributed by atoms with Crippen LogP contribution < -0.4 is 0 Å². The second kappa shape index (κ2) is 6.50. The number of carboxylic acid groups (broad SMARTS) is 1. The third-order valence-corrected chi connectivity index (χ3v) is 3.00. The van der Waals surface area contributed by atoms with E-state index in [1.807, 2.05) is 0 Å². The van der Waals surface area contributed by atoms with Crippen LogP contribution in [0.4, 0.5) is 4.39 Å². The van der Waals surface area contributed by atoms with Crippen LogP contribution in [0.1, 0.15) is 0 Å². The Labute approximate surface area is 98.3 Å². The molecular formula is C11H14FNO2S. The Balaban J connectivity index is 2.30. The molecule has 0 spiro atoms. The van der Waals surface area contributed by atoms with E-state index in [2.05, 4.69) is 0 Å². The van der Waals surface area contributed by atoms with E-state index < -0.39 is 5.97 Å². The third kappa shape index (κ3) is 4.63. The molecule has 3 nitrogen and oxygen atoms in total. The highest BCUT2D eigenvalue weighted by Gasteiger charge is 2.05. The summed E-state index contributed by atoms with van der Waals surface area (Å²) in [5.74, 6) is -0.406. The lowest BCUT2D eigenvalue weighted by atomic mass is 10.3. The first-order chi connectivity index (χ1) is 7.59. The number of halogens is 1. The van der Waals surface area contributed by atoms with Gasteiger partial charge in [-0.25, -0.2) is 4.39 Å². The molecule has 1 rings (SSSR count). The van der Waals surface area contributed by atoms with E-state index in [0.29, 0.717) is 17.2 Å².